The Kier molecular flexibility index (Phi) is 3.62. The van der Waals surface area contributed by atoms with Crippen LogP contribution in [-0.2, 0) is 16.1 Å². The van der Waals surface area contributed by atoms with E-state index in [0.717, 1.165) is 5.56 Å². The number of carbonyl (C=O) groups excluding carboxylic acids is 1. The van der Waals surface area contributed by atoms with E-state index in [9.17, 15) is 4.79 Å². The fourth-order valence-corrected chi connectivity index (χ4v) is 1.73. The lowest BCUT2D eigenvalue weighted by Gasteiger charge is -2.19. The molecule has 0 saturated carbocycles. The van der Waals surface area contributed by atoms with Gasteiger partial charge in [0.2, 0.25) is 5.91 Å². The number of hydrogen-bond donors (Lipinski definition) is 0. The molecule has 0 N–H and O–H groups in total. The molecule has 1 amide bonds. The average molecular weight is 215 g/mol. The first-order valence-electron chi connectivity index (χ1n) is 5.44. The predicted molar refractivity (Wildman–Crippen MR) is 62.0 cm³/mol. The van der Waals surface area contributed by atoms with E-state index in [2.05, 4.69) is 0 Å². The summed E-state index contributed by atoms with van der Waals surface area (Å²) in [5, 5.41) is 0. The molecule has 16 heavy (non-hydrogen) atoms. The number of carbonyl (C=O) groups is 1. The predicted octanol–water partition coefficient (Wildman–Crippen LogP) is 0.930. The smallest absolute Gasteiger partial charge is 0.248 e. The van der Waals surface area contributed by atoms with Crippen LogP contribution in [0, 0.1) is 0 Å². The second-order valence-electron chi connectivity index (χ2n) is 3.94. The van der Waals surface area contributed by atoms with Crippen molar-refractivity contribution in [3.05, 3.63) is 35.9 Å². The molecule has 82 valence electrons. The molecule has 3 nitrogen and oxygen atoms in total. The number of nitrogens with zero attached hydrogens (tertiary/aromatic N) is 1. The molecule has 0 aliphatic carbocycles. The highest BCUT2D eigenvalue weighted by atomic mass is 16.5. The summed E-state index contributed by atoms with van der Waals surface area (Å²) < 4.78 is 5.17. The summed E-state index contributed by atoms with van der Waals surface area (Å²) in [6.07, 6.45) is 0.693. The second-order valence-corrected chi connectivity index (χ2v) is 3.94. The van der Waals surface area contributed by atoms with E-state index in [-0.39, 0.29) is 18.5 Å². The van der Waals surface area contributed by atoms with Gasteiger partial charge in [0.25, 0.3) is 0 Å². The highest BCUT2D eigenvalue weighted by molar-refractivity contribution is 6.11. The number of amides is 1. The maximum atomic E-state index is 11.7. The van der Waals surface area contributed by atoms with Crippen LogP contribution >= 0.6 is 0 Å². The Morgan fingerprint density at radius 3 is 2.88 bits per heavy atom. The topological polar surface area (TPSA) is 29.5 Å². The highest BCUT2D eigenvalue weighted by Gasteiger charge is 2.20. The number of hydrogen-bond acceptors (Lipinski definition) is 2. The van der Waals surface area contributed by atoms with Crippen LogP contribution in [0.25, 0.3) is 0 Å². The number of benzene rings is 1. The zero-order chi connectivity index (χ0) is 11.4. The molecule has 0 aromatic heterocycles. The molecule has 4 heteroatoms. The summed E-state index contributed by atoms with van der Waals surface area (Å²) in [5.41, 5.74) is 1.13. The quantitative estimate of drug-likeness (QED) is 0.687. The van der Waals surface area contributed by atoms with Crippen LogP contribution in [-0.4, -0.2) is 37.8 Å². The van der Waals surface area contributed by atoms with Crippen molar-refractivity contribution >= 4 is 13.8 Å². The van der Waals surface area contributed by atoms with E-state index in [4.69, 9.17) is 12.6 Å². The molecule has 2 radical (unpaired) electrons. The van der Waals surface area contributed by atoms with E-state index < -0.39 is 0 Å². The first kappa shape index (κ1) is 11.2. The third-order valence-corrected chi connectivity index (χ3v) is 2.67. The van der Waals surface area contributed by atoms with Gasteiger partial charge < -0.3 is 9.64 Å². The van der Waals surface area contributed by atoms with Crippen molar-refractivity contribution in [1.82, 2.24) is 4.90 Å². The normalized spacial score (nSPS) is 21.9. The van der Waals surface area contributed by atoms with Crippen LogP contribution in [0.15, 0.2) is 30.3 Å². The van der Waals surface area contributed by atoms with Crippen LogP contribution in [0.1, 0.15) is 12.0 Å². The molecular formula is C12H14BNO2. The van der Waals surface area contributed by atoms with Gasteiger partial charge in [-0.3, -0.25) is 4.79 Å². The lowest BCUT2D eigenvalue weighted by atomic mass is 9.97. The maximum Gasteiger partial charge on any atom is 0.248 e. The van der Waals surface area contributed by atoms with Crippen molar-refractivity contribution in [3.8, 4) is 0 Å². The lowest BCUT2D eigenvalue weighted by molar-refractivity contribution is -0.134. The van der Waals surface area contributed by atoms with E-state index in [0.29, 0.717) is 19.5 Å². The summed E-state index contributed by atoms with van der Waals surface area (Å²) in [4.78, 5) is 13.5. The van der Waals surface area contributed by atoms with Gasteiger partial charge >= 0.3 is 0 Å². The molecular weight excluding hydrogens is 201 g/mol. The summed E-state index contributed by atoms with van der Waals surface area (Å²) in [7, 11) is 5.65. The largest absolute Gasteiger partial charge is 0.378 e. The monoisotopic (exact) mass is 215 g/mol. The highest BCUT2D eigenvalue weighted by Crippen LogP contribution is 2.10. The van der Waals surface area contributed by atoms with Crippen molar-refractivity contribution in [3.63, 3.8) is 0 Å². The van der Waals surface area contributed by atoms with Gasteiger partial charge in [-0.25, -0.2) is 0 Å². The van der Waals surface area contributed by atoms with E-state index in [1.165, 1.54) is 0 Å². The lowest BCUT2D eigenvalue weighted by Crippen LogP contribution is -2.32. The molecule has 1 heterocycles. The third-order valence-electron chi connectivity index (χ3n) is 2.67. The van der Waals surface area contributed by atoms with Crippen LogP contribution in [0.3, 0.4) is 0 Å². The molecule has 2 rings (SSSR count). The van der Waals surface area contributed by atoms with Crippen molar-refractivity contribution in [2.75, 3.05) is 13.2 Å². The van der Waals surface area contributed by atoms with Gasteiger partial charge in [-0.1, -0.05) is 30.3 Å². The summed E-state index contributed by atoms with van der Waals surface area (Å²) in [6, 6.07) is 9.62. The van der Waals surface area contributed by atoms with E-state index in [1.807, 2.05) is 30.3 Å². The SMILES string of the molecule is [B]C1CCN(Cc2ccccc2)C(=O)CO1. The molecule has 1 aliphatic rings. The molecule has 0 bridgehead atoms. The van der Waals surface area contributed by atoms with E-state index in [1.54, 1.807) is 4.90 Å². The van der Waals surface area contributed by atoms with Crippen LogP contribution in [0.4, 0.5) is 0 Å². The molecule has 1 atom stereocenters. The van der Waals surface area contributed by atoms with E-state index >= 15 is 0 Å². The Morgan fingerprint density at radius 2 is 2.12 bits per heavy atom. The molecule has 1 aromatic rings. The van der Waals surface area contributed by atoms with Gasteiger partial charge in [-0.2, -0.15) is 0 Å². The van der Waals surface area contributed by atoms with Gasteiger partial charge in [-0.05, 0) is 12.0 Å². The summed E-state index contributed by atoms with van der Waals surface area (Å²) in [6.45, 7) is 1.39. The Labute approximate surface area is 96.8 Å². The standard InChI is InChI=1S/C12H14BNO2/c13-11-6-7-14(12(15)9-16-11)8-10-4-2-1-3-5-10/h1-5,11H,6-9H2. The Bertz CT molecular complexity index is 355. The van der Waals surface area contributed by atoms with Gasteiger partial charge in [0, 0.05) is 19.1 Å². The molecule has 1 fully saturated rings. The Morgan fingerprint density at radius 1 is 1.38 bits per heavy atom. The fourth-order valence-electron chi connectivity index (χ4n) is 1.73. The van der Waals surface area contributed by atoms with Crippen molar-refractivity contribution in [1.29, 1.82) is 0 Å². The Balaban J connectivity index is 2.00. The average Bonchev–Trinajstić information content (AvgIpc) is 2.46. The molecule has 1 unspecified atom stereocenters. The zero-order valence-electron chi connectivity index (χ0n) is 9.13. The zero-order valence-corrected chi connectivity index (χ0v) is 9.13. The van der Waals surface area contributed by atoms with Gasteiger partial charge in [0.15, 0.2) is 0 Å². The van der Waals surface area contributed by atoms with Gasteiger partial charge in [0.1, 0.15) is 14.5 Å². The summed E-state index contributed by atoms with van der Waals surface area (Å²) in [5.74, 6) is 0.0109. The Hall–Kier alpha value is -1.29. The van der Waals surface area contributed by atoms with Gasteiger partial charge in [0.05, 0.1) is 0 Å². The van der Waals surface area contributed by atoms with Crippen LogP contribution < -0.4 is 0 Å². The minimum Gasteiger partial charge on any atom is -0.378 e. The number of rotatable bonds is 2. The second kappa shape index (κ2) is 5.17. The minimum atomic E-state index is -0.315. The fraction of sp³-hybridized carbons (Fsp3) is 0.417. The van der Waals surface area contributed by atoms with Crippen LogP contribution in [0.5, 0.6) is 0 Å². The van der Waals surface area contributed by atoms with Crippen molar-refractivity contribution in [2.45, 2.75) is 19.0 Å². The van der Waals surface area contributed by atoms with Gasteiger partial charge in [-0.15, -0.1) is 0 Å². The first-order chi connectivity index (χ1) is 7.75. The molecule has 1 saturated heterocycles. The molecule has 1 aromatic carbocycles. The maximum absolute atomic E-state index is 11.7. The molecule has 1 aliphatic heterocycles. The van der Waals surface area contributed by atoms with Crippen LogP contribution in [0.2, 0.25) is 0 Å². The third kappa shape index (κ3) is 2.86. The minimum absolute atomic E-state index is 0.0109. The first-order valence-corrected chi connectivity index (χ1v) is 5.44. The summed E-state index contributed by atoms with van der Waals surface area (Å²) >= 11 is 0. The van der Waals surface area contributed by atoms with Crippen molar-refractivity contribution < 1.29 is 9.53 Å². The van der Waals surface area contributed by atoms with Crippen molar-refractivity contribution in [2.24, 2.45) is 0 Å². The number of ether oxygens (including phenoxy) is 1. The molecule has 0 spiro atoms.